The van der Waals surface area contributed by atoms with Gasteiger partial charge in [-0.15, -0.1) is 0 Å². The highest BCUT2D eigenvalue weighted by Crippen LogP contribution is 2.42. The Morgan fingerprint density at radius 1 is 0.191 bits per heavy atom. The van der Waals surface area contributed by atoms with Gasteiger partial charge in [0.2, 0.25) is 0 Å². The molecule has 0 aliphatic carbocycles. The third kappa shape index (κ3) is 12.5. The van der Waals surface area contributed by atoms with Crippen LogP contribution in [0.2, 0.25) is 0 Å². The second kappa shape index (κ2) is 28.3. The first-order valence-corrected chi connectivity index (χ1v) is 36.5. The van der Waals surface area contributed by atoms with Gasteiger partial charge in [0, 0.05) is 66.3 Å². The Bertz CT molecular complexity index is 6890. The molecule has 0 aliphatic rings. The van der Waals surface area contributed by atoms with Crippen LogP contribution in [0.15, 0.2) is 376 Å². The number of nitriles is 2. The van der Waals surface area contributed by atoms with Crippen molar-refractivity contribution in [3.8, 4) is 136 Å². The molecule has 0 fully saturated rings. The van der Waals surface area contributed by atoms with E-state index in [-0.39, 0.29) is 0 Å². The number of aromatic nitrogens is 8. The van der Waals surface area contributed by atoms with E-state index >= 15 is 0 Å². The molecule has 0 spiro atoms. The lowest BCUT2D eigenvalue weighted by molar-refractivity contribution is 1.07. The Labute approximate surface area is 634 Å². The molecule has 0 bridgehead atoms. The topological polar surface area (TPSA) is 135 Å². The Balaban J connectivity index is 0.000000149. The smallest absolute Gasteiger partial charge is 0.164 e. The number of nitrogens with zero attached hydrogens (tertiary/aromatic N) is 10. The number of fused-ring (bicyclic) bond motifs is 8. The number of hydrogen-bond donors (Lipinski definition) is 0. The molecule has 110 heavy (non-hydrogen) atoms. The van der Waals surface area contributed by atoms with Gasteiger partial charge in [0.25, 0.3) is 0 Å². The van der Waals surface area contributed by atoms with Crippen molar-refractivity contribution >= 4 is 65.2 Å². The third-order valence-electron chi connectivity index (χ3n) is 20.5. The molecule has 0 N–H and O–H groups in total. The van der Waals surface area contributed by atoms with Crippen LogP contribution in [-0.2, 0) is 0 Å². The highest BCUT2D eigenvalue weighted by Gasteiger charge is 2.22. The number of para-hydroxylation sites is 2. The number of benzene rings is 16. The van der Waals surface area contributed by atoms with Gasteiger partial charge in [0.15, 0.2) is 34.9 Å². The first-order chi connectivity index (χ1) is 54.4. The average Bonchev–Trinajstić information content (AvgIpc) is 1.58. The molecule has 0 unspecified atom stereocenters. The van der Waals surface area contributed by atoms with Gasteiger partial charge in [-0.2, -0.15) is 10.5 Å². The van der Waals surface area contributed by atoms with Gasteiger partial charge in [0.05, 0.1) is 45.3 Å². The van der Waals surface area contributed by atoms with Crippen LogP contribution in [0.1, 0.15) is 11.1 Å². The van der Waals surface area contributed by atoms with E-state index < -0.39 is 0 Å². The molecule has 0 amide bonds. The van der Waals surface area contributed by atoms with Crippen molar-refractivity contribution in [3.63, 3.8) is 0 Å². The van der Waals surface area contributed by atoms with Gasteiger partial charge in [-0.1, -0.05) is 285 Å². The maximum atomic E-state index is 9.59. The Kier molecular flexibility index (Phi) is 16.8. The van der Waals surface area contributed by atoms with Gasteiger partial charge in [-0.25, -0.2) is 29.9 Å². The summed E-state index contributed by atoms with van der Waals surface area (Å²) in [5.41, 5.74) is 21.5. The van der Waals surface area contributed by atoms with E-state index in [1.807, 2.05) is 170 Å². The van der Waals surface area contributed by atoms with E-state index in [1.165, 1.54) is 48.7 Å². The van der Waals surface area contributed by atoms with Gasteiger partial charge in [-0.3, -0.25) is 0 Å². The Morgan fingerprint density at radius 3 is 0.973 bits per heavy atom. The van der Waals surface area contributed by atoms with E-state index in [0.29, 0.717) is 46.1 Å². The van der Waals surface area contributed by atoms with E-state index in [0.717, 1.165) is 106 Å². The fourth-order valence-electron chi connectivity index (χ4n) is 15.1. The molecule has 4 heterocycles. The zero-order valence-corrected chi connectivity index (χ0v) is 59.3. The molecule has 0 atom stereocenters. The second-order valence-corrected chi connectivity index (χ2v) is 27.2. The minimum atomic E-state index is 0.571. The molecule has 0 saturated heterocycles. The van der Waals surface area contributed by atoms with Crippen LogP contribution in [0.25, 0.3) is 189 Å². The zero-order valence-electron chi connectivity index (χ0n) is 59.3. The standard InChI is InChI=1S/2C50H31N5/c51-32-33-22-24-34(25-23-33)39-28-40(50-53-48(36-13-3-1-4-14-36)52-49(54-50)37-15-5-2-6-16-37)30-41(29-39)55-46-21-10-9-19-44(46)45-27-26-38(31-47(45)55)43-20-11-17-35-12-7-8-18-42(35)43;51-32-33-19-21-35(22-20-33)41-28-42(50-53-48(36-12-3-1-4-13-36)52-49(54-50)37-14-5-2-6-15-37)30-43(29-41)55-46-18-10-9-17-44(46)45-26-25-40(31-47(45)55)39-24-23-34-11-7-8-16-38(34)27-39/h2*1-31H. The largest absolute Gasteiger partial charge is 0.309 e. The summed E-state index contributed by atoms with van der Waals surface area (Å²) in [4.78, 5) is 30.4. The predicted molar refractivity (Wildman–Crippen MR) is 447 cm³/mol. The van der Waals surface area contributed by atoms with Crippen LogP contribution in [0.4, 0.5) is 0 Å². The molecule has 10 nitrogen and oxygen atoms in total. The van der Waals surface area contributed by atoms with E-state index in [9.17, 15) is 10.5 Å². The predicted octanol–water partition coefficient (Wildman–Crippen LogP) is 24.7. The lowest BCUT2D eigenvalue weighted by Crippen LogP contribution is -2.02. The molecule has 0 radical (unpaired) electrons. The highest BCUT2D eigenvalue weighted by molar-refractivity contribution is 6.12. The SMILES string of the molecule is N#Cc1ccc(-c2cc(-c3nc(-c4ccccc4)nc(-c4ccccc4)n3)cc(-n3c4ccccc4c4ccc(-c5ccc6ccccc6c5)cc43)c2)cc1.N#Cc1ccc(-c2cc(-c3nc(-c4ccccc4)nc(-c4ccccc4)n3)cc(-n3c4ccccc4c4ccc(-c5cccc6ccccc56)cc43)c2)cc1. The van der Waals surface area contributed by atoms with Gasteiger partial charge < -0.3 is 9.13 Å². The summed E-state index contributed by atoms with van der Waals surface area (Å²) in [6, 6.07) is 134. The summed E-state index contributed by atoms with van der Waals surface area (Å²) in [6.07, 6.45) is 0. The molecule has 10 heteroatoms. The van der Waals surface area contributed by atoms with Crippen LogP contribution < -0.4 is 0 Å². The van der Waals surface area contributed by atoms with Crippen molar-refractivity contribution < 1.29 is 0 Å². The van der Waals surface area contributed by atoms with Crippen LogP contribution >= 0.6 is 0 Å². The molecule has 20 aromatic rings. The maximum absolute atomic E-state index is 9.59. The second-order valence-electron chi connectivity index (χ2n) is 27.2. The molecule has 512 valence electrons. The van der Waals surface area contributed by atoms with Crippen molar-refractivity contribution in [1.29, 1.82) is 10.5 Å². The summed E-state index contributed by atoms with van der Waals surface area (Å²) < 4.78 is 4.70. The summed E-state index contributed by atoms with van der Waals surface area (Å²) in [5, 5.41) is 28.7. The van der Waals surface area contributed by atoms with Crippen LogP contribution in [0.5, 0.6) is 0 Å². The fourth-order valence-corrected chi connectivity index (χ4v) is 15.1. The van der Waals surface area contributed by atoms with Crippen LogP contribution in [0.3, 0.4) is 0 Å². The third-order valence-corrected chi connectivity index (χ3v) is 20.5. The first-order valence-electron chi connectivity index (χ1n) is 36.5. The Hall–Kier alpha value is -15.4. The lowest BCUT2D eigenvalue weighted by Gasteiger charge is -2.15. The van der Waals surface area contributed by atoms with Crippen molar-refractivity contribution in [1.82, 2.24) is 39.0 Å². The van der Waals surface area contributed by atoms with E-state index in [1.54, 1.807) is 0 Å². The average molecular weight is 1400 g/mol. The Morgan fingerprint density at radius 2 is 0.518 bits per heavy atom. The number of rotatable bonds is 12. The van der Waals surface area contributed by atoms with Crippen LogP contribution in [0, 0.1) is 22.7 Å². The lowest BCUT2D eigenvalue weighted by atomic mass is 9.97. The monoisotopic (exact) mass is 1400 g/mol. The summed E-state index contributed by atoms with van der Waals surface area (Å²) in [5.74, 6) is 3.56. The summed E-state index contributed by atoms with van der Waals surface area (Å²) >= 11 is 0. The molecule has 20 rings (SSSR count). The minimum Gasteiger partial charge on any atom is -0.309 e. The van der Waals surface area contributed by atoms with Crippen molar-refractivity contribution in [2.45, 2.75) is 0 Å². The normalized spacial score (nSPS) is 11.3. The summed E-state index contributed by atoms with van der Waals surface area (Å²) in [7, 11) is 0. The molecule has 16 aromatic carbocycles. The van der Waals surface area contributed by atoms with Crippen molar-refractivity contribution in [2.75, 3.05) is 0 Å². The van der Waals surface area contributed by atoms with E-state index in [4.69, 9.17) is 29.9 Å². The minimum absolute atomic E-state index is 0.571. The van der Waals surface area contributed by atoms with Crippen LogP contribution in [-0.4, -0.2) is 39.0 Å². The fraction of sp³-hybridized carbons (Fsp3) is 0. The zero-order chi connectivity index (χ0) is 73.4. The maximum Gasteiger partial charge on any atom is 0.164 e. The van der Waals surface area contributed by atoms with E-state index in [2.05, 4.69) is 228 Å². The first kappa shape index (κ1) is 65.4. The summed E-state index contributed by atoms with van der Waals surface area (Å²) in [6.45, 7) is 0. The quantitative estimate of drug-likeness (QED) is 0.118. The van der Waals surface area contributed by atoms with Crippen molar-refractivity contribution in [3.05, 3.63) is 387 Å². The molecule has 4 aromatic heterocycles. The highest BCUT2D eigenvalue weighted by atomic mass is 15.1. The van der Waals surface area contributed by atoms with Crippen molar-refractivity contribution in [2.24, 2.45) is 0 Å². The molecule has 0 aliphatic heterocycles. The molecule has 0 saturated carbocycles. The molecular formula is C100H62N10. The van der Waals surface area contributed by atoms with Gasteiger partial charge in [-0.05, 0) is 157 Å². The van der Waals surface area contributed by atoms with Gasteiger partial charge >= 0.3 is 0 Å². The molecular weight excluding hydrogens is 1340 g/mol. The van der Waals surface area contributed by atoms with Gasteiger partial charge in [0.1, 0.15) is 0 Å². The number of hydrogen-bond acceptors (Lipinski definition) is 8.